The first-order chi connectivity index (χ1) is 21.4. The number of benzene rings is 4. The zero-order valence-electron chi connectivity index (χ0n) is 23.2. The van der Waals surface area contributed by atoms with Crippen LogP contribution in [0.4, 0.5) is 4.39 Å². The Morgan fingerprint density at radius 1 is 0.591 bits per heavy atom. The molecule has 4 aromatic carbocycles. The van der Waals surface area contributed by atoms with Gasteiger partial charge in [-0.05, 0) is 48.5 Å². The van der Waals surface area contributed by atoms with E-state index in [9.17, 15) is 23.6 Å². The number of esters is 4. The van der Waals surface area contributed by atoms with E-state index >= 15 is 0 Å². The lowest BCUT2D eigenvalue weighted by atomic mass is 10.0. The summed E-state index contributed by atoms with van der Waals surface area (Å²) in [6, 6.07) is 31.5. The van der Waals surface area contributed by atoms with Crippen LogP contribution in [0.5, 0.6) is 0 Å². The Bertz CT molecular complexity index is 1580. The zero-order chi connectivity index (χ0) is 30.9. The molecule has 1 heterocycles. The molecule has 44 heavy (non-hydrogen) atoms. The zero-order valence-corrected chi connectivity index (χ0v) is 23.2. The highest BCUT2D eigenvalue weighted by Gasteiger charge is 2.63. The molecule has 2 unspecified atom stereocenters. The molecule has 0 spiro atoms. The van der Waals surface area contributed by atoms with E-state index in [2.05, 4.69) is 0 Å². The van der Waals surface area contributed by atoms with Gasteiger partial charge in [-0.2, -0.15) is 0 Å². The Morgan fingerprint density at radius 3 is 1.45 bits per heavy atom. The van der Waals surface area contributed by atoms with Gasteiger partial charge in [0.05, 0.1) is 22.3 Å². The van der Waals surface area contributed by atoms with Crippen molar-refractivity contribution in [2.75, 3.05) is 13.3 Å². The number of halogens is 1. The molecule has 4 atom stereocenters. The van der Waals surface area contributed by atoms with Gasteiger partial charge < -0.3 is 23.7 Å². The van der Waals surface area contributed by atoms with Gasteiger partial charge in [-0.15, -0.1) is 0 Å². The summed E-state index contributed by atoms with van der Waals surface area (Å²) >= 11 is 0. The minimum atomic E-state index is -2.42. The van der Waals surface area contributed by atoms with Gasteiger partial charge in [-0.3, -0.25) is 0 Å². The van der Waals surface area contributed by atoms with Crippen LogP contribution in [0.1, 0.15) is 41.4 Å². The molecule has 224 valence electrons. The molecule has 0 aromatic heterocycles. The molecule has 4 aromatic rings. The van der Waals surface area contributed by atoms with Crippen molar-refractivity contribution in [3.63, 3.8) is 0 Å². The van der Waals surface area contributed by atoms with Crippen molar-refractivity contribution >= 4 is 23.9 Å². The van der Waals surface area contributed by atoms with Gasteiger partial charge in [-0.1, -0.05) is 72.8 Å². The van der Waals surface area contributed by atoms with Crippen LogP contribution in [0.25, 0.3) is 0 Å². The SMILES string of the molecule is O=C(OCC1(OC(=O)c2ccccc2)O[C@H](CF)C(OC(=O)c2ccccc2)[C@H]1OC(=O)c1ccccc1)c1ccccc1. The van der Waals surface area contributed by atoms with Crippen molar-refractivity contribution in [3.8, 4) is 0 Å². The molecule has 0 bridgehead atoms. The van der Waals surface area contributed by atoms with Crippen LogP contribution in [0.15, 0.2) is 121 Å². The Hall–Kier alpha value is -5.35. The van der Waals surface area contributed by atoms with E-state index in [1.807, 2.05) is 0 Å². The summed E-state index contributed by atoms with van der Waals surface area (Å²) in [6.45, 7) is -2.06. The van der Waals surface area contributed by atoms with E-state index in [1.165, 1.54) is 48.5 Å². The number of ether oxygens (including phenoxy) is 5. The summed E-state index contributed by atoms with van der Waals surface area (Å²) in [5.74, 6) is -5.96. The standard InChI is InChI=1S/C34H27FO9/c35-21-27-28(41-31(37)24-15-7-2-8-16-24)29(42-32(38)25-17-9-3-10-18-25)34(43-27,44-33(39)26-19-11-4-12-20-26)22-40-30(36)23-13-5-1-6-14-23/h1-20,27-29H,21-22H2/t27-,28?,29-,34?/m1/s1. The first-order valence-electron chi connectivity index (χ1n) is 13.7. The van der Waals surface area contributed by atoms with Gasteiger partial charge in [0.1, 0.15) is 12.8 Å². The number of carbonyl (C=O) groups excluding carboxylic acids is 4. The average molecular weight is 599 g/mol. The summed E-state index contributed by atoms with van der Waals surface area (Å²) in [5.41, 5.74) is 0.489. The molecular weight excluding hydrogens is 571 g/mol. The second kappa shape index (κ2) is 13.7. The lowest BCUT2D eigenvalue weighted by molar-refractivity contribution is -0.245. The van der Waals surface area contributed by atoms with Crippen molar-refractivity contribution in [1.29, 1.82) is 0 Å². The van der Waals surface area contributed by atoms with Gasteiger partial charge in [0.2, 0.25) is 6.10 Å². The molecule has 0 radical (unpaired) electrons. The van der Waals surface area contributed by atoms with Crippen LogP contribution in [0.2, 0.25) is 0 Å². The van der Waals surface area contributed by atoms with Crippen molar-refractivity contribution in [2.24, 2.45) is 0 Å². The molecule has 9 nitrogen and oxygen atoms in total. The van der Waals surface area contributed by atoms with Crippen molar-refractivity contribution < 1.29 is 47.3 Å². The number of carbonyl (C=O) groups is 4. The normalized spacial score (nSPS) is 20.7. The maximum atomic E-state index is 14.6. The molecule has 10 heteroatoms. The number of alkyl halides is 1. The van der Waals surface area contributed by atoms with E-state index in [0.717, 1.165) is 0 Å². The van der Waals surface area contributed by atoms with Gasteiger partial charge in [0, 0.05) is 0 Å². The summed E-state index contributed by atoms with van der Waals surface area (Å²) in [6.07, 6.45) is -4.95. The highest BCUT2D eigenvalue weighted by Crippen LogP contribution is 2.39. The minimum absolute atomic E-state index is 0.0829. The van der Waals surface area contributed by atoms with E-state index in [1.54, 1.807) is 72.8 Å². The molecule has 1 saturated heterocycles. The molecular formula is C34H27FO9. The van der Waals surface area contributed by atoms with Crippen LogP contribution < -0.4 is 0 Å². The van der Waals surface area contributed by atoms with Gasteiger partial charge >= 0.3 is 23.9 Å². The molecule has 1 aliphatic heterocycles. The minimum Gasteiger partial charge on any atom is -0.455 e. The fourth-order valence-corrected chi connectivity index (χ4v) is 4.61. The molecule has 0 saturated carbocycles. The third-order valence-electron chi connectivity index (χ3n) is 6.79. The van der Waals surface area contributed by atoms with Crippen LogP contribution in [-0.2, 0) is 23.7 Å². The quantitative estimate of drug-likeness (QED) is 0.179. The topological polar surface area (TPSA) is 114 Å². The number of hydrogen-bond donors (Lipinski definition) is 0. The lowest BCUT2D eigenvalue weighted by Crippen LogP contribution is -2.53. The van der Waals surface area contributed by atoms with Crippen LogP contribution in [0, 0.1) is 0 Å². The van der Waals surface area contributed by atoms with E-state index in [4.69, 9.17) is 23.7 Å². The van der Waals surface area contributed by atoms with E-state index in [-0.39, 0.29) is 22.3 Å². The first kappa shape index (κ1) is 30.1. The molecule has 1 fully saturated rings. The predicted octanol–water partition coefficient (Wildman–Crippen LogP) is 5.22. The van der Waals surface area contributed by atoms with E-state index < -0.39 is 61.3 Å². The Balaban J connectivity index is 1.54. The summed E-state index contributed by atoms with van der Waals surface area (Å²) in [7, 11) is 0. The predicted molar refractivity (Wildman–Crippen MR) is 153 cm³/mol. The molecule has 1 aliphatic rings. The summed E-state index contributed by atoms with van der Waals surface area (Å²) in [5, 5.41) is 0. The third kappa shape index (κ3) is 6.82. The molecule has 5 rings (SSSR count). The van der Waals surface area contributed by atoms with Crippen LogP contribution >= 0.6 is 0 Å². The summed E-state index contributed by atoms with van der Waals surface area (Å²) < 4.78 is 43.3. The summed E-state index contributed by atoms with van der Waals surface area (Å²) in [4.78, 5) is 52.8. The maximum absolute atomic E-state index is 14.6. The van der Waals surface area contributed by atoms with Gasteiger partial charge in [0.25, 0.3) is 5.79 Å². The Labute approximate surface area is 252 Å². The maximum Gasteiger partial charge on any atom is 0.340 e. The third-order valence-corrected chi connectivity index (χ3v) is 6.79. The smallest absolute Gasteiger partial charge is 0.340 e. The Morgan fingerprint density at radius 2 is 1.00 bits per heavy atom. The second-order valence-corrected chi connectivity index (χ2v) is 9.75. The fraction of sp³-hybridized carbons (Fsp3) is 0.176. The first-order valence-corrected chi connectivity index (χ1v) is 13.7. The molecule has 0 aliphatic carbocycles. The second-order valence-electron chi connectivity index (χ2n) is 9.75. The van der Waals surface area contributed by atoms with Gasteiger partial charge in [-0.25, -0.2) is 23.6 Å². The largest absolute Gasteiger partial charge is 0.455 e. The molecule has 0 N–H and O–H groups in total. The highest BCUT2D eigenvalue weighted by molar-refractivity contribution is 5.92. The monoisotopic (exact) mass is 598 g/mol. The average Bonchev–Trinajstić information content (AvgIpc) is 3.36. The Kier molecular flexibility index (Phi) is 9.41. The van der Waals surface area contributed by atoms with Crippen molar-refractivity contribution in [3.05, 3.63) is 144 Å². The lowest BCUT2D eigenvalue weighted by Gasteiger charge is -2.33. The number of rotatable bonds is 10. The number of hydrogen-bond acceptors (Lipinski definition) is 9. The fourth-order valence-electron chi connectivity index (χ4n) is 4.61. The van der Waals surface area contributed by atoms with Crippen molar-refractivity contribution in [2.45, 2.75) is 24.1 Å². The van der Waals surface area contributed by atoms with E-state index in [0.29, 0.717) is 0 Å². The van der Waals surface area contributed by atoms with Gasteiger partial charge in [0.15, 0.2) is 12.7 Å². The van der Waals surface area contributed by atoms with Crippen LogP contribution in [-0.4, -0.2) is 61.3 Å². The molecule has 0 amide bonds. The van der Waals surface area contributed by atoms with Crippen molar-refractivity contribution in [1.82, 2.24) is 0 Å². The van der Waals surface area contributed by atoms with Crippen LogP contribution in [0.3, 0.4) is 0 Å². The highest BCUT2D eigenvalue weighted by atomic mass is 19.1.